The van der Waals surface area contributed by atoms with Crippen LogP contribution in [0, 0.1) is 19.8 Å². The van der Waals surface area contributed by atoms with E-state index in [0.717, 1.165) is 16.8 Å². The first-order valence-corrected chi connectivity index (χ1v) is 8.52. The third kappa shape index (κ3) is 5.22. The van der Waals surface area contributed by atoms with Crippen molar-refractivity contribution in [1.29, 1.82) is 0 Å². The summed E-state index contributed by atoms with van der Waals surface area (Å²) in [7, 11) is 0. The SMILES string of the molecule is Cc1cccc(NC(=O)CSc2nnc([C@@H]([NH3+])C(C)C)o2)c1C.[Cl-]. The Hall–Kier alpha value is -1.57. The predicted octanol–water partition coefficient (Wildman–Crippen LogP) is -0.640. The number of hydrogen-bond acceptors (Lipinski definition) is 5. The number of benzene rings is 1. The molecule has 0 radical (unpaired) electrons. The standard InChI is InChI=1S/C16H22N4O2S.ClH/c1-9(2)14(17)15-19-20-16(22-15)23-8-13(21)18-12-7-5-6-10(3)11(12)4;/h5-7,9,14H,8,17H2,1-4H3,(H,18,21);1H/t14-;/m0./s1. The van der Waals surface area contributed by atoms with Gasteiger partial charge in [0.05, 0.1) is 5.75 Å². The molecule has 1 atom stereocenters. The van der Waals surface area contributed by atoms with E-state index in [4.69, 9.17) is 4.42 Å². The van der Waals surface area contributed by atoms with Crippen molar-refractivity contribution in [3.8, 4) is 0 Å². The quantitative estimate of drug-likeness (QED) is 0.659. The highest BCUT2D eigenvalue weighted by molar-refractivity contribution is 7.99. The second kappa shape index (κ2) is 9.05. The zero-order chi connectivity index (χ0) is 17.0. The van der Waals surface area contributed by atoms with Crippen molar-refractivity contribution in [3.63, 3.8) is 0 Å². The summed E-state index contributed by atoms with van der Waals surface area (Å²) in [6.07, 6.45) is 0. The zero-order valence-electron chi connectivity index (χ0n) is 14.3. The van der Waals surface area contributed by atoms with Gasteiger partial charge in [0.15, 0.2) is 6.04 Å². The molecule has 132 valence electrons. The fraction of sp³-hybridized carbons (Fsp3) is 0.438. The molecule has 24 heavy (non-hydrogen) atoms. The Bertz CT molecular complexity index is 690. The lowest BCUT2D eigenvalue weighted by molar-refractivity contribution is -0.443. The highest BCUT2D eigenvalue weighted by Gasteiger charge is 2.21. The van der Waals surface area contributed by atoms with Crippen LogP contribution in [-0.4, -0.2) is 21.9 Å². The molecule has 0 aliphatic heterocycles. The number of hydrogen-bond donors (Lipinski definition) is 2. The molecule has 0 fully saturated rings. The Labute approximate surface area is 152 Å². The number of halogens is 1. The molecule has 0 aliphatic carbocycles. The van der Waals surface area contributed by atoms with E-state index in [0.29, 0.717) is 17.0 Å². The molecule has 0 spiro atoms. The van der Waals surface area contributed by atoms with Crippen LogP contribution < -0.4 is 23.5 Å². The minimum absolute atomic E-state index is 0. The van der Waals surface area contributed by atoms with Crippen LogP contribution in [0.1, 0.15) is 36.9 Å². The molecule has 0 aliphatic rings. The van der Waals surface area contributed by atoms with Gasteiger partial charge in [0.25, 0.3) is 11.1 Å². The summed E-state index contributed by atoms with van der Waals surface area (Å²) in [5.74, 6) is 0.954. The molecule has 2 rings (SSSR count). The van der Waals surface area contributed by atoms with Gasteiger partial charge in [0, 0.05) is 11.6 Å². The molecule has 1 aromatic carbocycles. The third-order valence-corrected chi connectivity index (χ3v) is 4.57. The average molecular weight is 371 g/mol. The summed E-state index contributed by atoms with van der Waals surface area (Å²) in [6.45, 7) is 8.10. The van der Waals surface area contributed by atoms with Crippen LogP contribution in [0.3, 0.4) is 0 Å². The number of anilines is 1. The Morgan fingerprint density at radius 1 is 1.33 bits per heavy atom. The van der Waals surface area contributed by atoms with E-state index in [1.165, 1.54) is 11.8 Å². The topological polar surface area (TPSA) is 95.7 Å². The Balaban J connectivity index is 0.00000288. The number of nitrogens with one attached hydrogen (secondary N) is 1. The first-order valence-electron chi connectivity index (χ1n) is 7.53. The van der Waals surface area contributed by atoms with Gasteiger partial charge in [-0.15, -0.1) is 10.2 Å². The molecule has 2 aromatic rings. The van der Waals surface area contributed by atoms with Gasteiger partial charge < -0.3 is 27.9 Å². The number of nitrogens with zero attached hydrogens (tertiary/aromatic N) is 2. The van der Waals surface area contributed by atoms with E-state index < -0.39 is 0 Å². The summed E-state index contributed by atoms with van der Waals surface area (Å²) in [5, 5.41) is 11.3. The van der Waals surface area contributed by atoms with Gasteiger partial charge in [0.2, 0.25) is 5.91 Å². The van der Waals surface area contributed by atoms with Crippen molar-refractivity contribution < 1.29 is 27.4 Å². The minimum Gasteiger partial charge on any atom is -1.00 e. The van der Waals surface area contributed by atoms with Crippen LogP contribution in [0.15, 0.2) is 27.8 Å². The molecule has 4 N–H and O–H groups in total. The van der Waals surface area contributed by atoms with Crippen LogP contribution in [0.25, 0.3) is 0 Å². The highest BCUT2D eigenvalue weighted by Crippen LogP contribution is 2.22. The van der Waals surface area contributed by atoms with E-state index in [2.05, 4.69) is 21.2 Å². The summed E-state index contributed by atoms with van der Waals surface area (Å²) in [5.41, 5.74) is 7.06. The molecular formula is C16H23ClN4O2S. The third-order valence-electron chi connectivity index (χ3n) is 3.75. The number of thioether (sulfide) groups is 1. The Kier molecular flexibility index (Phi) is 7.72. The molecule has 0 saturated carbocycles. The number of rotatable bonds is 6. The van der Waals surface area contributed by atoms with Gasteiger partial charge in [-0.3, -0.25) is 4.79 Å². The average Bonchev–Trinajstić information content (AvgIpc) is 2.98. The summed E-state index contributed by atoms with van der Waals surface area (Å²) < 4.78 is 5.55. The number of carbonyl (C=O) groups excluding carboxylic acids is 1. The maximum absolute atomic E-state index is 12.1. The van der Waals surface area contributed by atoms with Gasteiger partial charge in [-0.25, -0.2) is 0 Å². The first-order chi connectivity index (χ1) is 10.9. The Morgan fingerprint density at radius 2 is 2.04 bits per heavy atom. The van der Waals surface area contributed by atoms with Crippen LogP contribution in [0.2, 0.25) is 0 Å². The highest BCUT2D eigenvalue weighted by atomic mass is 35.5. The van der Waals surface area contributed by atoms with E-state index in [1.54, 1.807) is 0 Å². The summed E-state index contributed by atoms with van der Waals surface area (Å²) in [4.78, 5) is 12.1. The lowest BCUT2D eigenvalue weighted by Crippen LogP contribution is -3.00. The number of amides is 1. The first kappa shape index (κ1) is 20.5. The maximum atomic E-state index is 12.1. The predicted molar refractivity (Wildman–Crippen MR) is 90.0 cm³/mol. The fourth-order valence-corrected chi connectivity index (χ4v) is 2.48. The van der Waals surface area contributed by atoms with Gasteiger partial charge >= 0.3 is 0 Å². The number of quaternary nitrogens is 1. The smallest absolute Gasteiger partial charge is 0.277 e. The van der Waals surface area contributed by atoms with E-state index in [1.807, 2.05) is 45.9 Å². The fourth-order valence-electron chi connectivity index (χ4n) is 1.91. The van der Waals surface area contributed by atoms with Crippen molar-refractivity contribution in [1.82, 2.24) is 10.2 Å². The second-order valence-corrected chi connectivity index (χ2v) is 6.77. The summed E-state index contributed by atoms with van der Waals surface area (Å²) in [6, 6.07) is 5.80. The van der Waals surface area contributed by atoms with Crippen molar-refractivity contribution in [2.75, 3.05) is 11.1 Å². The van der Waals surface area contributed by atoms with E-state index in [-0.39, 0.29) is 30.1 Å². The minimum atomic E-state index is -0.0986. The molecule has 0 saturated heterocycles. The van der Waals surface area contributed by atoms with Crippen molar-refractivity contribution in [3.05, 3.63) is 35.2 Å². The van der Waals surface area contributed by atoms with Gasteiger partial charge in [-0.1, -0.05) is 37.7 Å². The molecule has 1 aromatic heterocycles. The molecule has 6 nitrogen and oxygen atoms in total. The lowest BCUT2D eigenvalue weighted by Gasteiger charge is -2.09. The monoisotopic (exact) mass is 370 g/mol. The molecule has 0 unspecified atom stereocenters. The lowest BCUT2D eigenvalue weighted by atomic mass is 10.1. The van der Waals surface area contributed by atoms with Gasteiger partial charge in [-0.2, -0.15) is 0 Å². The van der Waals surface area contributed by atoms with Crippen LogP contribution in [0.4, 0.5) is 5.69 Å². The molecule has 1 amide bonds. The summed E-state index contributed by atoms with van der Waals surface area (Å²) >= 11 is 1.23. The van der Waals surface area contributed by atoms with E-state index in [9.17, 15) is 4.79 Å². The van der Waals surface area contributed by atoms with Crippen molar-refractivity contribution in [2.24, 2.45) is 5.92 Å². The van der Waals surface area contributed by atoms with Crippen LogP contribution in [0.5, 0.6) is 0 Å². The number of carbonyl (C=O) groups is 1. The molecule has 8 heteroatoms. The molecular weight excluding hydrogens is 348 g/mol. The van der Waals surface area contributed by atoms with Gasteiger partial charge in [0.1, 0.15) is 0 Å². The van der Waals surface area contributed by atoms with Crippen molar-refractivity contribution in [2.45, 2.75) is 39.0 Å². The largest absolute Gasteiger partial charge is 1.00 e. The Morgan fingerprint density at radius 3 is 2.71 bits per heavy atom. The molecule has 1 heterocycles. The molecule has 0 bridgehead atoms. The van der Waals surface area contributed by atoms with E-state index >= 15 is 0 Å². The number of aryl methyl sites for hydroxylation is 1. The van der Waals surface area contributed by atoms with Crippen LogP contribution >= 0.6 is 11.8 Å². The second-order valence-electron chi connectivity index (χ2n) is 5.84. The van der Waals surface area contributed by atoms with Crippen LogP contribution in [-0.2, 0) is 4.79 Å². The van der Waals surface area contributed by atoms with Gasteiger partial charge in [-0.05, 0) is 31.0 Å². The van der Waals surface area contributed by atoms with Crippen molar-refractivity contribution >= 4 is 23.4 Å². The number of aromatic nitrogens is 2. The maximum Gasteiger partial charge on any atom is 0.277 e. The normalized spacial score (nSPS) is 11.9. The zero-order valence-corrected chi connectivity index (χ0v) is 15.9.